The van der Waals surface area contributed by atoms with Gasteiger partial charge < -0.3 is 32.1 Å². The molecular formula is C37H49N9O14P2. The van der Waals surface area contributed by atoms with Gasteiger partial charge in [-0.05, 0) is 70.5 Å². The van der Waals surface area contributed by atoms with Crippen LogP contribution in [0.5, 0.6) is 0 Å². The van der Waals surface area contributed by atoms with Crippen LogP contribution in [0.2, 0.25) is 0 Å². The van der Waals surface area contributed by atoms with Crippen LogP contribution in [0, 0.1) is 0 Å². The van der Waals surface area contributed by atoms with Crippen LogP contribution in [0.3, 0.4) is 0 Å². The second-order valence-electron chi connectivity index (χ2n) is 12.7. The lowest BCUT2D eigenvalue weighted by Crippen LogP contribution is -2.41. The minimum absolute atomic E-state index is 0.00278. The molecule has 4 aromatic rings. The molecular weight excluding hydrogens is 856 g/mol. The Morgan fingerprint density at radius 3 is 2.15 bits per heavy atom. The number of amides is 3. The fourth-order valence-corrected chi connectivity index (χ4v) is 7.93. The number of nitrogens with two attached hydrogens (primary N) is 1. The van der Waals surface area contributed by atoms with Gasteiger partial charge >= 0.3 is 21.6 Å². The summed E-state index contributed by atoms with van der Waals surface area (Å²) < 4.78 is 57.9. The van der Waals surface area contributed by atoms with Gasteiger partial charge in [-0.2, -0.15) is 4.98 Å². The lowest BCUT2D eigenvalue weighted by Gasteiger charge is -2.25. The standard InChI is InChI=1S/C37H49N9O14P2/c1-5-55-61(53,56-6-2)59-22-26(60-62(54,57-7-3)58-8-4)21-41-34(49)27-11-9-10-12-28(27)43-30(47)18-17-29(36(51)52)44-33(48)23-13-15-24(16-14-23)39-19-25-20-40-32-31(42-25)35(50)46-37(38)45-32/h9-16,20,26,29,39H,5-8,17-19,21-22H2,1-4H3,(H,41,49)(H,43,47)(H,44,48)(H,51,52)(H3,38,40,45,46,50)/t26?,29-/m1/s1. The van der Waals surface area contributed by atoms with Gasteiger partial charge in [-0.3, -0.25) is 51.3 Å². The Bertz CT molecular complexity index is 2310. The third-order valence-corrected chi connectivity index (χ3v) is 11.5. The van der Waals surface area contributed by atoms with Crippen molar-refractivity contribution >= 4 is 67.8 Å². The third-order valence-electron chi connectivity index (χ3n) is 8.15. The molecule has 0 aliphatic heterocycles. The van der Waals surface area contributed by atoms with Gasteiger partial charge in [0, 0.05) is 24.2 Å². The van der Waals surface area contributed by atoms with Gasteiger partial charge in [0.1, 0.15) is 12.1 Å². The number of hydrogen-bond donors (Lipinski definition) is 7. The molecule has 336 valence electrons. The van der Waals surface area contributed by atoms with E-state index in [1.165, 1.54) is 36.5 Å². The Labute approximate surface area is 355 Å². The van der Waals surface area contributed by atoms with Crippen molar-refractivity contribution in [1.29, 1.82) is 0 Å². The molecule has 0 aliphatic rings. The minimum Gasteiger partial charge on any atom is -0.480 e. The van der Waals surface area contributed by atoms with Crippen molar-refractivity contribution in [3.05, 3.63) is 81.9 Å². The number of nitrogens with zero attached hydrogens (tertiary/aromatic N) is 3. The highest BCUT2D eigenvalue weighted by Gasteiger charge is 2.34. The number of nitrogen functional groups attached to an aromatic ring is 1. The van der Waals surface area contributed by atoms with Crippen LogP contribution in [0.25, 0.3) is 11.2 Å². The van der Waals surface area contributed by atoms with Gasteiger partial charge in [-0.1, -0.05) is 12.1 Å². The molecule has 0 saturated carbocycles. The zero-order valence-corrected chi connectivity index (χ0v) is 36.1. The average molecular weight is 906 g/mol. The maximum atomic E-state index is 13.4. The van der Waals surface area contributed by atoms with Crippen molar-refractivity contribution in [2.75, 3.05) is 55.9 Å². The van der Waals surface area contributed by atoms with Crippen LogP contribution < -0.4 is 32.6 Å². The quantitative estimate of drug-likeness (QED) is 0.0438. The van der Waals surface area contributed by atoms with Gasteiger partial charge in [-0.15, -0.1) is 0 Å². The summed E-state index contributed by atoms with van der Waals surface area (Å²) in [5, 5.41) is 20.5. The number of benzene rings is 2. The predicted molar refractivity (Wildman–Crippen MR) is 224 cm³/mol. The number of aromatic amines is 1. The molecule has 8 N–H and O–H groups in total. The fraction of sp³-hybridized carbons (Fsp3) is 0.405. The summed E-state index contributed by atoms with van der Waals surface area (Å²) in [7, 11) is -8.22. The summed E-state index contributed by atoms with van der Waals surface area (Å²) in [4.78, 5) is 78.4. The number of para-hydroxylation sites is 1. The maximum Gasteiger partial charge on any atom is 0.475 e. The number of phosphoric acid groups is 2. The number of H-pyrrole nitrogens is 1. The van der Waals surface area contributed by atoms with Crippen molar-refractivity contribution in [3.63, 3.8) is 0 Å². The molecule has 2 aromatic carbocycles. The molecule has 0 aliphatic carbocycles. The van der Waals surface area contributed by atoms with Gasteiger partial charge in [-0.25, -0.2) is 23.9 Å². The van der Waals surface area contributed by atoms with E-state index < -0.39 is 63.6 Å². The molecule has 62 heavy (non-hydrogen) atoms. The number of fused-ring (bicyclic) bond motifs is 1. The summed E-state index contributed by atoms with van der Waals surface area (Å²) in [5.41, 5.74) is 6.35. The van der Waals surface area contributed by atoms with Crippen molar-refractivity contribution in [2.24, 2.45) is 0 Å². The number of rotatable bonds is 26. The monoisotopic (exact) mass is 905 g/mol. The molecule has 23 nitrogen and oxygen atoms in total. The van der Waals surface area contributed by atoms with Crippen molar-refractivity contribution < 1.29 is 60.6 Å². The highest BCUT2D eigenvalue weighted by molar-refractivity contribution is 7.48. The smallest absolute Gasteiger partial charge is 0.475 e. The second kappa shape index (κ2) is 23.5. The number of aliphatic carboxylic acids is 1. The summed E-state index contributed by atoms with van der Waals surface area (Å²) in [6.07, 6.45) is -0.491. The lowest BCUT2D eigenvalue weighted by molar-refractivity contribution is -0.139. The molecule has 0 bridgehead atoms. The number of carbonyl (C=O) groups excluding carboxylic acids is 3. The highest BCUT2D eigenvalue weighted by atomic mass is 31.2. The Balaban J connectivity index is 1.33. The van der Waals surface area contributed by atoms with Crippen LogP contribution in [-0.2, 0) is 52.4 Å². The zero-order chi connectivity index (χ0) is 45.3. The summed E-state index contributed by atoms with van der Waals surface area (Å²) in [6.45, 7) is 5.46. The highest BCUT2D eigenvalue weighted by Crippen LogP contribution is 2.52. The normalized spacial score (nSPS) is 12.6. The van der Waals surface area contributed by atoms with Crippen molar-refractivity contribution in [2.45, 2.75) is 59.2 Å². The molecule has 25 heteroatoms. The number of hydrogen-bond acceptors (Lipinski definition) is 18. The predicted octanol–water partition coefficient (Wildman–Crippen LogP) is 4.00. The first-order valence-electron chi connectivity index (χ1n) is 19.3. The first-order valence-corrected chi connectivity index (χ1v) is 22.2. The van der Waals surface area contributed by atoms with Crippen LogP contribution in [-0.4, -0.2) is 100 Å². The average Bonchev–Trinajstić information content (AvgIpc) is 3.23. The van der Waals surface area contributed by atoms with Crippen LogP contribution in [0.1, 0.15) is 66.9 Å². The van der Waals surface area contributed by atoms with Crippen LogP contribution >= 0.6 is 15.6 Å². The van der Waals surface area contributed by atoms with E-state index in [2.05, 4.69) is 41.2 Å². The first-order chi connectivity index (χ1) is 29.6. The largest absolute Gasteiger partial charge is 0.480 e. The summed E-state index contributed by atoms with van der Waals surface area (Å²) >= 11 is 0. The van der Waals surface area contributed by atoms with Gasteiger partial charge in [0.05, 0.1) is 62.7 Å². The lowest BCUT2D eigenvalue weighted by atomic mass is 10.1. The van der Waals surface area contributed by atoms with E-state index in [0.717, 1.165) is 0 Å². The zero-order valence-electron chi connectivity index (χ0n) is 34.3. The van der Waals surface area contributed by atoms with E-state index in [0.29, 0.717) is 11.4 Å². The van der Waals surface area contributed by atoms with Crippen LogP contribution in [0.4, 0.5) is 17.3 Å². The Morgan fingerprint density at radius 1 is 0.855 bits per heavy atom. The van der Waals surface area contributed by atoms with E-state index >= 15 is 0 Å². The van der Waals surface area contributed by atoms with E-state index in [4.69, 9.17) is 32.9 Å². The van der Waals surface area contributed by atoms with E-state index in [-0.39, 0.29) is 86.3 Å². The molecule has 2 atom stereocenters. The SMILES string of the molecule is CCOP(=O)(OCC)OCC(CNC(=O)c1ccccc1NC(=O)CC[C@@H](NC(=O)c1ccc(NCc2cnc3nc(N)[nH]c(=O)c3n2)cc1)C(=O)O)OP(=O)(OCC)OCC. The van der Waals surface area contributed by atoms with Gasteiger partial charge in [0.15, 0.2) is 11.2 Å². The van der Waals surface area contributed by atoms with Crippen molar-refractivity contribution in [3.8, 4) is 0 Å². The molecule has 0 radical (unpaired) electrons. The Morgan fingerprint density at radius 2 is 1.50 bits per heavy atom. The molecule has 2 heterocycles. The van der Waals surface area contributed by atoms with Gasteiger partial charge in [0.25, 0.3) is 17.4 Å². The first kappa shape index (κ1) is 49.0. The number of carboxylic acids is 1. The molecule has 0 saturated heterocycles. The molecule has 1 unspecified atom stereocenters. The molecule has 3 amide bonds. The number of nitrogens with one attached hydrogen (secondary N) is 5. The minimum atomic E-state index is -4.17. The Hall–Kier alpha value is -5.64. The second-order valence-corrected chi connectivity index (χ2v) is 16.0. The number of phosphoric ester groups is 2. The third kappa shape index (κ3) is 14.8. The van der Waals surface area contributed by atoms with E-state index in [1.807, 2.05) is 0 Å². The van der Waals surface area contributed by atoms with Crippen LogP contribution in [0.15, 0.2) is 59.5 Å². The van der Waals surface area contributed by atoms with Crippen molar-refractivity contribution in [1.82, 2.24) is 30.6 Å². The van der Waals surface area contributed by atoms with E-state index in [9.17, 15) is 38.2 Å². The number of carboxylic acid groups (broad SMARTS) is 1. The van der Waals surface area contributed by atoms with Gasteiger partial charge in [0.2, 0.25) is 11.9 Å². The number of aromatic nitrogens is 4. The molecule has 2 aromatic heterocycles. The van der Waals surface area contributed by atoms with E-state index in [1.54, 1.807) is 45.9 Å². The summed E-state index contributed by atoms with van der Waals surface area (Å²) in [5.74, 6) is -3.54. The fourth-order valence-electron chi connectivity index (χ4n) is 5.39. The maximum absolute atomic E-state index is 13.4. The topological polar surface area (TPSA) is 324 Å². The molecule has 0 fully saturated rings. The Kier molecular flexibility index (Phi) is 18.6. The number of anilines is 3. The molecule has 4 rings (SSSR count). The number of carbonyl (C=O) groups is 4. The summed E-state index contributed by atoms with van der Waals surface area (Å²) in [6, 6.07) is 10.6. The molecule has 0 spiro atoms.